The summed E-state index contributed by atoms with van der Waals surface area (Å²) in [6.45, 7) is 7.76. The third-order valence-electron chi connectivity index (χ3n) is 3.73. The van der Waals surface area contributed by atoms with Crippen molar-refractivity contribution < 1.29 is 13.4 Å². The molecule has 1 saturated heterocycles. The van der Waals surface area contributed by atoms with Crippen molar-refractivity contribution >= 4 is 12.7 Å². The second-order valence-corrected chi connectivity index (χ2v) is 5.66. The van der Waals surface area contributed by atoms with Crippen molar-refractivity contribution in [1.29, 1.82) is 0 Å². The van der Waals surface area contributed by atoms with Gasteiger partial charge < -0.3 is 9.31 Å². The number of imidazole rings is 1. The maximum Gasteiger partial charge on any atom is 0.516 e. The first-order valence-electron chi connectivity index (χ1n) is 7.83. The van der Waals surface area contributed by atoms with Gasteiger partial charge in [0.2, 0.25) is 0 Å². The normalized spacial score (nSPS) is 22.4. The predicted molar refractivity (Wildman–Crippen MR) is 74.9 cm³/mol. The molecule has 7 heteroatoms. The Morgan fingerprint density at radius 1 is 1.15 bits per heavy atom. The highest BCUT2D eigenvalue weighted by Crippen LogP contribution is 2.36. The Kier molecular flexibility index (Phi) is 2.21. The Balaban J connectivity index is 1.99. The van der Waals surface area contributed by atoms with Crippen molar-refractivity contribution in [2.24, 2.45) is 0 Å². The first kappa shape index (κ1) is 10.1. The lowest BCUT2D eigenvalue weighted by Crippen LogP contribution is -2.41. The van der Waals surface area contributed by atoms with Crippen LogP contribution in [0.1, 0.15) is 31.8 Å². The fourth-order valence-corrected chi connectivity index (χ4v) is 1.84. The summed E-state index contributed by atoms with van der Waals surface area (Å²) < 4.78 is 36.1. The standard InChI is InChI=1S/C13H17BN4O2/c1-12(2)13(3,4)20-14(19-12)10-7-16-8-11(17-10)18-6-5-15-9-18/h5-9H,1-4H3/i5D,6D,9D. The first-order valence-corrected chi connectivity index (χ1v) is 6.33. The van der Waals surface area contributed by atoms with Crippen molar-refractivity contribution in [1.82, 2.24) is 19.5 Å². The summed E-state index contributed by atoms with van der Waals surface area (Å²) in [5.41, 5.74) is -0.556. The molecule has 0 spiro atoms. The molecule has 104 valence electrons. The number of hydrogen-bond donors (Lipinski definition) is 0. The summed E-state index contributed by atoms with van der Waals surface area (Å²) in [6, 6.07) is 0. The van der Waals surface area contributed by atoms with Crippen LogP contribution in [0.2, 0.25) is 0 Å². The Morgan fingerprint density at radius 2 is 1.85 bits per heavy atom. The summed E-state index contributed by atoms with van der Waals surface area (Å²) in [5, 5.41) is 0. The lowest BCUT2D eigenvalue weighted by molar-refractivity contribution is 0.00578. The molecule has 3 rings (SSSR count). The minimum Gasteiger partial charge on any atom is -0.398 e. The molecule has 0 aliphatic carbocycles. The molecule has 6 nitrogen and oxygen atoms in total. The zero-order valence-corrected chi connectivity index (χ0v) is 11.8. The van der Waals surface area contributed by atoms with E-state index >= 15 is 0 Å². The predicted octanol–water partition coefficient (Wildman–Crippen LogP) is 0.961. The third-order valence-corrected chi connectivity index (χ3v) is 3.73. The number of hydrogen-bond acceptors (Lipinski definition) is 5. The smallest absolute Gasteiger partial charge is 0.398 e. The van der Waals surface area contributed by atoms with E-state index in [9.17, 15) is 0 Å². The van der Waals surface area contributed by atoms with Gasteiger partial charge in [0.05, 0.1) is 25.7 Å². The van der Waals surface area contributed by atoms with Gasteiger partial charge in [-0.1, -0.05) is 0 Å². The van der Waals surface area contributed by atoms with E-state index in [-0.39, 0.29) is 24.5 Å². The molecule has 0 radical (unpaired) electrons. The van der Waals surface area contributed by atoms with Crippen LogP contribution in [0.15, 0.2) is 31.0 Å². The van der Waals surface area contributed by atoms with E-state index in [2.05, 4.69) is 15.0 Å². The number of rotatable bonds is 2. The van der Waals surface area contributed by atoms with E-state index in [4.69, 9.17) is 13.4 Å². The molecule has 2 aromatic rings. The Morgan fingerprint density at radius 3 is 2.45 bits per heavy atom. The zero-order chi connectivity index (χ0) is 17.0. The molecule has 0 bridgehead atoms. The molecule has 0 N–H and O–H groups in total. The van der Waals surface area contributed by atoms with Crippen LogP contribution in [0.3, 0.4) is 0 Å². The maximum absolute atomic E-state index is 7.82. The van der Waals surface area contributed by atoms with E-state index in [1.165, 1.54) is 12.4 Å². The van der Waals surface area contributed by atoms with Crippen molar-refractivity contribution in [3.05, 3.63) is 31.0 Å². The molecule has 0 saturated carbocycles. The highest BCUT2D eigenvalue weighted by atomic mass is 16.7. The minimum atomic E-state index is -0.685. The van der Waals surface area contributed by atoms with Crippen molar-refractivity contribution in [3.8, 4) is 5.82 Å². The average molecular weight is 275 g/mol. The van der Waals surface area contributed by atoms with Crippen LogP contribution in [0.4, 0.5) is 0 Å². The van der Waals surface area contributed by atoms with Crippen LogP contribution in [0.5, 0.6) is 0 Å². The van der Waals surface area contributed by atoms with Crippen LogP contribution in [-0.4, -0.2) is 37.8 Å². The van der Waals surface area contributed by atoms with Gasteiger partial charge in [-0.2, -0.15) is 0 Å². The van der Waals surface area contributed by atoms with Gasteiger partial charge in [0.15, 0.2) is 5.82 Å². The van der Waals surface area contributed by atoms with Crippen LogP contribution >= 0.6 is 0 Å². The molecule has 2 aromatic heterocycles. The van der Waals surface area contributed by atoms with Crippen LogP contribution in [0.25, 0.3) is 5.82 Å². The van der Waals surface area contributed by atoms with E-state index in [1.54, 1.807) is 0 Å². The van der Waals surface area contributed by atoms with E-state index < -0.39 is 18.3 Å². The second-order valence-electron chi connectivity index (χ2n) is 5.66. The Bertz CT molecular complexity index is 750. The molecule has 3 heterocycles. The Hall–Kier alpha value is -1.73. The van der Waals surface area contributed by atoms with Crippen molar-refractivity contribution in [2.75, 3.05) is 0 Å². The van der Waals surface area contributed by atoms with Gasteiger partial charge in [0.25, 0.3) is 0 Å². The van der Waals surface area contributed by atoms with E-state index in [1.807, 2.05) is 27.7 Å². The highest BCUT2D eigenvalue weighted by Gasteiger charge is 2.52. The molecular formula is C13H17BN4O2. The lowest BCUT2D eigenvalue weighted by atomic mass is 9.85. The van der Waals surface area contributed by atoms with Gasteiger partial charge in [0, 0.05) is 18.5 Å². The monoisotopic (exact) mass is 275 g/mol. The van der Waals surface area contributed by atoms with Gasteiger partial charge in [-0.05, 0) is 27.7 Å². The number of nitrogens with zero attached hydrogens (tertiary/aromatic N) is 4. The quantitative estimate of drug-likeness (QED) is 0.764. The van der Waals surface area contributed by atoms with Gasteiger partial charge >= 0.3 is 7.12 Å². The van der Waals surface area contributed by atoms with E-state index in [0.29, 0.717) is 5.59 Å². The molecule has 0 unspecified atom stereocenters. The molecule has 0 aromatic carbocycles. The summed E-state index contributed by atoms with van der Waals surface area (Å²) in [6.07, 6.45) is 2.21. The summed E-state index contributed by atoms with van der Waals surface area (Å²) >= 11 is 0. The zero-order valence-electron chi connectivity index (χ0n) is 14.8. The molecule has 20 heavy (non-hydrogen) atoms. The van der Waals surface area contributed by atoms with Gasteiger partial charge in [-0.15, -0.1) is 0 Å². The summed E-state index contributed by atoms with van der Waals surface area (Å²) in [5.74, 6) is 0.234. The lowest BCUT2D eigenvalue weighted by Gasteiger charge is -2.32. The summed E-state index contributed by atoms with van der Waals surface area (Å²) in [7, 11) is -0.685. The molecule has 1 aliphatic heterocycles. The van der Waals surface area contributed by atoms with Crippen LogP contribution in [0, 0.1) is 0 Å². The van der Waals surface area contributed by atoms with Gasteiger partial charge in [-0.25, -0.2) is 9.97 Å². The second kappa shape index (κ2) is 4.39. The van der Waals surface area contributed by atoms with E-state index in [0.717, 1.165) is 4.57 Å². The Labute approximate surface area is 122 Å². The first-order chi connectivity index (χ1) is 10.6. The van der Waals surface area contributed by atoms with Gasteiger partial charge in [0.1, 0.15) is 7.67 Å². The number of aromatic nitrogens is 4. The third kappa shape index (κ3) is 2.12. The maximum atomic E-state index is 7.82. The average Bonchev–Trinajstić information content (AvgIpc) is 2.83. The minimum absolute atomic E-state index is 0.213. The largest absolute Gasteiger partial charge is 0.516 e. The molecule has 1 aliphatic rings. The molecular weight excluding hydrogens is 255 g/mol. The van der Waals surface area contributed by atoms with Crippen molar-refractivity contribution in [3.63, 3.8) is 0 Å². The SMILES string of the molecule is [2H]c1nc([2H])n(-c2cncc(B3OC(C)(C)C(C)(C)O3)n2)c1[2H]. The fourth-order valence-electron chi connectivity index (χ4n) is 1.84. The molecule has 1 fully saturated rings. The molecule has 0 amide bonds. The van der Waals surface area contributed by atoms with Crippen molar-refractivity contribution in [2.45, 2.75) is 38.9 Å². The van der Waals surface area contributed by atoms with Gasteiger partial charge in [-0.3, -0.25) is 9.55 Å². The highest BCUT2D eigenvalue weighted by molar-refractivity contribution is 6.61. The fraction of sp³-hybridized carbons (Fsp3) is 0.462. The van der Waals surface area contributed by atoms with Crippen LogP contribution in [-0.2, 0) is 9.31 Å². The van der Waals surface area contributed by atoms with Crippen LogP contribution < -0.4 is 5.59 Å². The topological polar surface area (TPSA) is 62.1 Å². The molecule has 0 atom stereocenters. The summed E-state index contributed by atoms with van der Waals surface area (Å²) in [4.78, 5) is 12.1.